The fourth-order valence-electron chi connectivity index (χ4n) is 0.479. The van der Waals surface area contributed by atoms with Gasteiger partial charge in [0.15, 0.2) is 0 Å². The van der Waals surface area contributed by atoms with Gasteiger partial charge in [-0.1, -0.05) is 0 Å². The van der Waals surface area contributed by atoms with Gasteiger partial charge in [0.1, 0.15) is 0 Å². The third-order valence-corrected chi connectivity index (χ3v) is 1.40. The summed E-state index contributed by atoms with van der Waals surface area (Å²) in [6.45, 7) is 4.93. The van der Waals surface area contributed by atoms with Crippen LogP contribution in [-0.2, 0) is 25.4 Å². The van der Waals surface area contributed by atoms with Gasteiger partial charge in [-0.2, -0.15) is 0 Å². The molecule has 60 valence electrons. The number of hydrazine groups is 1. The zero-order valence-electron chi connectivity index (χ0n) is 6.13. The number of nitrogens with one attached hydrogen (secondary N) is 1. The second kappa shape index (κ2) is 6.09. The quantitative estimate of drug-likeness (QED) is 0.447. The molecular formula is C4H12N2O3Ti. The Morgan fingerprint density at radius 1 is 1.70 bits per heavy atom. The van der Waals surface area contributed by atoms with Crippen molar-refractivity contribution in [2.24, 2.45) is 0 Å². The Balaban J connectivity index is 3.49. The van der Waals surface area contributed by atoms with E-state index in [9.17, 15) is 3.32 Å². The van der Waals surface area contributed by atoms with Crippen molar-refractivity contribution in [2.45, 2.75) is 13.8 Å². The van der Waals surface area contributed by atoms with E-state index in [-0.39, 0.29) is 0 Å². The molecular weight excluding hydrogens is 172 g/mol. The van der Waals surface area contributed by atoms with Crippen LogP contribution >= 0.6 is 0 Å². The molecule has 0 spiro atoms. The molecule has 0 aliphatic carbocycles. The van der Waals surface area contributed by atoms with Gasteiger partial charge in [0.2, 0.25) is 0 Å². The van der Waals surface area contributed by atoms with Crippen LogP contribution in [0.5, 0.6) is 0 Å². The summed E-state index contributed by atoms with van der Waals surface area (Å²) in [5.74, 6) is 0. The summed E-state index contributed by atoms with van der Waals surface area (Å²) in [5, 5.41) is 1.27. The van der Waals surface area contributed by atoms with Crippen molar-refractivity contribution >= 4 is 0 Å². The number of hydrogen-bond acceptors (Lipinski definition) is 4. The molecule has 0 rings (SSSR count). The first kappa shape index (κ1) is 10.4. The van der Waals surface area contributed by atoms with Gasteiger partial charge in [-0.25, -0.2) is 0 Å². The summed E-state index contributed by atoms with van der Waals surface area (Å²) in [6.07, 6.45) is 0. The first-order valence-electron chi connectivity index (χ1n) is 3.12. The third kappa shape index (κ3) is 5.16. The van der Waals surface area contributed by atoms with Gasteiger partial charge in [-0.15, -0.1) is 0 Å². The first-order chi connectivity index (χ1) is 4.70. The molecule has 5 nitrogen and oxygen atoms in total. The average Bonchev–Trinajstić information content (AvgIpc) is 1.86. The Morgan fingerprint density at radius 3 is 2.60 bits per heavy atom. The Hall–Kier alpha value is 0.354. The molecule has 0 aliphatic rings. The molecule has 0 unspecified atom stereocenters. The maximum absolute atomic E-state index is 10.2. The van der Waals surface area contributed by atoms with E-state index in [1.165, 1.54) is 5.17 Å². The van der Waals surface area contributed by atoms with Gasteiger partial charge in [0.05, 0.1) is 0 Å². The molecule has 0 fully saturated rings. The van der Waals surface area contributed by atoms with Crippen LogP contribution in [0.15, 0.2) is 0 Å². The molecule has 2 N–H and O–H groups in total. The number of nitrogens with zero attached hydrogens (tertiary/aromatic N) is 1. The third-order valence-electron chi connectivity index (χ3n) is 0.810. The summed E-state index contributed by atoms with van der Waals surface area (Å²) in [4.78, 5) is 0. The molecule has 6 heteroatoms. The van der Waals surface area contributed by atoms with Gasteiger partial charge in [0, 0.05) is 0 Å². The van der Waals surface area contributed by atoms with Crippen LogP contribution in [0.3, 0.4) is 0 Å². The SMILES string of the molecule is CCNN(CC)[O][Ti](=[O])[OH]. The maximum atomic E-state index is 10.2. The minimum absolute atomic E-state index is 0.549. The molecule has 10 heavy (non-hydrogen) atoms. The number of rotatable bonds is 5. The molecule has 0 saturated heterocycles. The molecule has 0 bridgehead atoms. The average molecular weight is 184 g/mol. The summed E-state index contributed by atoms with van der Waals surface area (Å²) < 4.78 is 23.1. The number of hydrogen-bond donors (Lipinski definition) is 2. The monoisotopic (exact) mass is 184 g/mol. The molecule has 0 aromatic rings. The second-order valence-electron chi connectivity index (χ2n) is 1.56. The van der Waals surface area contributed by atoms with Crippen molar-refractivity contribution in [1.29, 1.82) is 0 Å². The number of hydroxylamine groups is 1. The minimum atomic E-state index is -3.40. The van der Waals surface area contributed by atoms with Gasteiger partial charge in [-0.3, -0.25) is 0 Å². The van der Waals surface area contributed by atoms with Crippen LogP contribution in [-0.4, -0.2) is 21.9 Å². The van der Waals surface area contributed by atoms with Crippen LogP contribution in [0, 0.1) is 0 Å². The molecule has 0 aromatic carbocycles. The van der Waals surface area contributed by atoms with Gasteiger partial charge >= 0.3 is 66.6 Å². The summed E-state index contributed by atoms with van der Waals surface area (Å²) in [5.41, 5.74) is 2.76. The van der Waals surface area contributed by atoms with Crippen LogP contribution in [0.2, 0.25) is 0 Å². The zero-order valence-corrected chi connectivity index (χ0v) is 7.69. The molecule has 0 amide bonds. The van der Waals surface area contributed by atoms with Crippen LogP contribution in [0.25, 0.3) is 0 Å². The molecule has 0 atom stereocenters. The van der Waals surface area contributed by atoms with E-state index in [0.29, 0.717) is 13.1 Å². The molecule has 0 radical (unpaired) electrons. The fourth-order valence-corrected chi connectivity index (χ4v) is 1.08. The Labute approximate surface area is 67.0 Å². The predicted molar refractivity (Wildman–Crippen MR) is 30.0 cm³/mol. The van der Waals surface area contributed by atoms with Gasteiger partial charge < -0.3 is 0 Å². The predicted octanol–water partition coefficient (Wildman–Crippen LogP) is -0.450. The van der Waals surface area contributed by atoms with E-state index >= 15 is 0 Å². The van der Waals surface area contributed by atoms with Crippen molar-refractivity contribution in [1.82, 2.24) is 10.6 Å². The fraction of sp³-hybridized carbons (Fsp3) is 1.00. The van der Waals surface area contributed by atoms with E-state index in [1.54, 1.807) is 0 Å². The summed E-state index contributed by atoms with van der Waals surface area (Å²) in [7, 11) is 0. The van der Waals surface area contributed by atoms with E-state index in [1.807, 2.05) is 13.8 Å². The van der Waals surface area contributed by atoms with Crippen LogP contribution in [0.1, 0.15) is 13.8 Å². The Morgan fingerprint density at radius 2 is 2.30 bits per heavy atom. The first-order valence-corrected chi connectivity index (χ1v) is 5.10. The van der Waals surface area contributed by atoms with Crippen molar-refractivity contribution in [3.63, 3.8) is 0 Å². The summed E-state index contributed by atoms with van der Waals surface area (Å²) in [6, 6.07) is 0. The molecule has 0 saturated carbocycles. The molecule has 0 aliphatic heterocycles. The van der Waals surface area contributed by atoms with E-state index < -0.39 is 18.6 Å². The normalized spacial score (nSPS) is 10.4. The molecule has 0 aromatic heterocycles. The Kier molecular flexibility index (Phi) is 6.31. The van der Waals surface area contributed by atoms with Crippen molar-refractivity contribution in [3.8, 4) is 0 Å². The van der Waals surface area contributed by atoms with Gasteiger partial charge in [0.25, 0.3) is 0 Å². The second-order valence-corrected chi connectivity index (χ2v) is 2.68. The van der Waals surface area contributed by atoms with Crippen molar-refractivity contribution in [2.75, 3.05) is 13.1 Å². The van der Waals surface area contributed by atoms with E-state index in [0.717, 1.165) is 0 Å². The van der Waals surface area contributed by atoms with Crippen molar-refractivity contribution in [3.05, 3.63) is 0 Å². The summed E-state index contributed by atoms with van der Waals surface area (Å²) >= 11 is -3.40. The van der Waals surface area contributed by atoms with Crippen molar-refractivity contribution < 1.29 is 29.0 Å². The van der Waals surface area contributed by atoms with Crippen LogP contribution in [0.4, 0.5) is 0 Å². The standard InChI is InChI=1S/C4H11N2O.H2O.O.Ti/c1-3-5-6(7)4-2;;;/h5H,3-4H2,1-2H3;1H2;;/q-1;;;+2/p-1. The van der Waals surface area contributed by atoms with Crippen LogP contribution < -0.4 is 5.43 Å². The topological polar surface area (TPSA) is 61.8 Å². The van der Waals surface area contributed by atoms with Gasteiger partial charge in [-0.05, 0) is 0 Å². The van der Waals surface area contributed by atoms with E-state index in [2.05, 4.69) is 8.84 Å². The van der Waals surface area contributed by atoms with E-state index in [4.69, 9.17) is 3.69 Å². The zero-order chi connectivity index (χ0) is 7.98. The Bertz CT molecular complexity index is 111. The molecule has 0 heterocycles.